The topological polar surface area (TPSA) is 142 Å². The summed E-state index contributed by atoms with van der Waals surface area (Å²) in [6.45, 7) is 1.83. The van der Waals surface area contributed by atoms with E-state index in [1.54, 1.807) is 12.1 Å². The van der Waals surface area contributed by atoms with Gasteiger partial charge in [-0.1, -0.05) is 12.1 Å². The van der Waals surface area contributed by atoms with Crippen LogP contribution in [0.4, 0.5) is 27.7 Å². The number of halogens is 1. The molecular weight excluding hydrogens is 377 g/mol. The van der Waals surface area contributed by atoms with Crippen molar-refractivity contribution in [1.29, 1.82) is 0 Å². The summed E-state index contributed by atoms with van der Waals surface area (Å²) in [4.78, 5) is 19.9. The Balaban J connectivity index is 1.61. The first-order valence-electron chi connectivity index (χ1n) is 9.16. The van der Waals surface area contributed by atoms with Gasteiger partial charge in [0.25, 0.3) is 0 Å². The number of rotatable bonds is 7. The van der Waals surface area contributed by atoms with Gasteiger partial charge in [0, 0.05) is 17.7 Å². The van der Waals surface area contributed by atoms with Gasteiger partial charge < -0.3 is 21.5 Å². The lowest BCUT2D eigenvalue weighted by Crippen LogP contribution is -2.15. The molecule has 29 heavy (non-hydrogen) atoms. The fourth-order valence-corrected chi connectivity index (χ4v) is 2.95. The highest BCUT2D eigenvalue weighted by Gasteiger charge is 2.26. The maximum atomic E-state index is 13.1. The molecule has 1 aliphatic rings. The standard InChI is InChI=1S/C19H20FN7O2/c1-9(10-4-6-12(20)7-5-10)22-19-24-16(18(28)29)15(21)17(25-19)23-14-8-13(26-27-14)11-2-3-11/h4-9,11H,2-3,21H2,1H3,(H,28,29)(H3,22,23,24,25,26,27). The molecule has 3 aromatic rings. The number of aromatic carboxylic acids is 1. The second-order valence-electron chi connectivity index (χ2n) is 6.99. The Labute approximate surface area is 165 Å². The number of carboxylic acids is 1. The van der Waals surface area contributed by atoms with Crippen LogP contribution in [0.15, 0.2) is 30.3 Å². The van der Waals surface area contributed by atoms with Crippen LogP contribution in [-0.4, -0.2) is 31.2 Å². The molecule has 2 heterocycles. The van der Waals surface area contributed by atoms with Crippen molar-refractivity contribution in [3.8, 4) is 0 Å². The van der Waals surface area contributed by atoms with Gasteiger partial charge in [-0.3, -0.25) is 5.10 Å². The predicted octanol–water partition coefficient (Wildman–Crippen LogP) is 3.41. The van der Waals surface area contributed by atoms with Crippen LogP contribution in [0.3, 0.4) is 0 Å². The third-order valence-corrected chi connectivity index (χ3v) is 4.73. The minimum absolute atomic E-state index is 0.0777. The van der Waals surface area contributed by atoms with Crippen molar-refractivity contribution >= 4 is 29.2 Å². The van der Waals surface area contributed by atoms with Crippen LogP contribution in [0, 0.1) is 5.82 Å². The molecule has 4 rings (SSSR count). The number of nitrogens with one attached hydrogen (secondary N) is 3. The first-order chi connectivity index (χ1) is 13.9. The molecule has 2 aromatic heterocycles. The monoisotopic (exact) mass is 397 g/mol. The SMILES string of the molecule is CC(Nc1nc(Nc2cc(C3CC3)[nH]n2)c(N)c(C(=O)O)n1)c1ccc(F)cc1. The maximum Gasteiger partial charge on any atom is 0.356 e. The predicted molar refractivity (Wildman–Crippen MR) is 106 cm³/mol. The first-order valence-corrected chi connectivity index (χ1v) is 9.16. The summed E-state index contributed by atoms with van der Waals surface area (Å²) < 4.78 is 13.1. The molecule has 1 aliphatic carbocycles. The number of hydrogen-bond donors (Lipinski definition) is 5. The summed E-state index contributed by atoms with van der Waals surface area (Å²) in [6, 6.07) is 7.52. The first kappa shape index (κ1) is 18.7. The summed E-state index contributed by atoms with van der Waals surface area (Å²) in [6.07, 6.45) is 2.24. The van der Waals surface area contributed by atoms with Gasteiger partial charge in [-0.2, -0.15) is 10.1 Å². The number of nitrogens with zero attached hydrogens (tertiary/aromatic N) is 3. The Hall–Kier alpha value is -3.69. The molecule has 0 aliphatic heterocycles. The summed E-state index contributed by atoms with van der Waals surface area (Å²) in [5, 5.41) is 22.6. The number of benzene rings is 1. The third-order valence-electron chi connectivity index (χ3n) is 4.73. The molecule has 150 valence electrons. The minimum atomic E-state index is -1.27. The molecule has 1 fully saturated rings. The Bertz CT molecular complexity index is 1050. The lowest BCUT2D eigenvalue weighted by atomic mass is 10.1. The third kappa shape index (κ3) is 4.10. The molecule has 6 N–H and O–H groups in total. The molecule has 1 aromatic carbocycles. The van der Waals surface area contributed by atoms with Crippen LogP contribution in [0.5, 0.6) is 0 Å². The molecule has 0 amide bonds. The van der Waals surface area contributed by atoms with Crippen LogP contribution in [0.25, 0.3) is 0 Å². The number of nitrogens with two attached hydrogens (primary N) is 1. The van der Waals surface area contributed by atoms with Gasteiger partial charge in [-0.25, -0.2) is 14.2 Å². The molecule has 9 nitrogen and oxygen atoms in total. The average Bonchev–Trinajstić information content (AvgIpc) is 3.43. The van der Waals surface area contributed by atoms with E-state index in [0.29, 0.717) is 11.7 Å². The number of nitrogen functional groups attached to an aromatic ring is 1. The molecule has 1 atom stereocenters. The highest BCUT2D eigenvalue weighted by atomic mass is 19.1. The molecule has 10 heteroatoms. The summed E-state index contributed by atoms with van der Waals surface area (Å²) in [5.74, 6) is -0.413. The van der Waals surface area contributed by atoms with E-state index in [9.17, 15) is 14.3 Å². The quantitative estimate of drug-likeness (QED) is 0.408. The number of carbonyl (C=O) groups is 1. The molecule has 0 saturated heterocycles. The van der Waals surface area contributed by atoms with Crippen molar-refractivity contribution in [2.24, 2.45) is 0 Å². The Kier molecular flexibility index (Phi) is 4.75. The van der Waals surface area contributed by atoms with Gasteiger partial charge in [0.05, 0.1) is 6.04 Å². The minimum Gasteiger partial charge on any atom is -0.476 e. The second kappa shape index (κ2) is 7.38. The van der Waals surface area contributed by atoms with Gasteiger partial charge >= 0.3 is 5.97 Å². The van der Waals surface area contributed by atoms with Gasteiger partial charge in [0.2, 0.25) is 5.95 Å². The number of carboxylic acid groups (broad SMARTS) is 1. The molecule has 0 spiro atoms. The highest BCUT2D eigenvalue weighted by Crippen LogP contribution is 2.39. The van der Waals surface area contributed by atoms with E-state index >= 15 is 0 Å². The van der Waals surface area contributed by atoms with E-state index in [0.717, 1.165) is 24.1 Å². The van der Waals surface area contributed by atoms with Crippen LogP contribution in [0.1, 0.15) is 53.5 Å². The zero-order chi connectivity index (χ0) is 20.5. The van der Waals surface area contributed by atoms with E-state index in [-0.39, 0.29) is 35.0 Å². The number of aromatic nitrogens is 4. The van der Waals surface area contributed by atoms with E-state index in [1.807, 2.05) is 13.0 Å². The van der Waals surface area contributed by atoms with Crippen molar-refractivity contribution < 1.29 is 14.3 Å². The van der Waals surface area contributed by atoms with Crippen molar-refractivity contribution in [2.75, 3.05) is 16.4 Å². The normalized spacial score (nSPS) is 14.4. The zero-order valence-electron chi connectivity index (χ0n) is 15.6. The Morgan fingerprint density at radius 1 is 1.31 bits per heavy atom. The Morgan fingerprint density at radius 2 is 2.03 bits per heavy atom. The number of hydrogen-bond acceptors (Lipinski definition) is 7. The molecule has 0 radical (unpaired) electrons. The van der Waals surface area contributed by atoms with Crippen LogP contribution >= 0.6 is 0 Å². The van der Waals surface area contributed by atoms with E-state index < -0.39 is 5.97 Å². The summed E-state index contributed by atoms with van der Waals surface area (Å²) >= 11 is 0. The smallest absolute Gasteiger partial charge is 0.356 e. The van der Waals surface area contributed by atoms with Crippen molar-refractivity contribution in [3.05, 3.63) is 53.1 Å². The van der Waals surface area contributed by atoms with Gasteiger partial charge in [0.15, 0.2) is 17.3 Å². The van der Waals surface area contributed by atoms with Gasteiger partial charge in [-0.05, 0) is 37.5 Å². The maximum absolute atomic E-state index is 13.1. The molecular formula is C19H20FN7O2. The Morgan fingerprint density at radius 3 is 2.69 bits per heavy atom. The van der Waals surface area contributed by atoms with Crippen molar-refractivity contribution in [1.82, 2.24) is 20.2 Å². The lowest BCUT2D eigenvalue weighted by molar-refractivity contribution is 0.0691. The summed E-state index contributed by atoms with van der Waals surface area (Å²) in [7, 11) is 0. The largest absolute Gasteiger partial charge is 0.476 e. The molecule has 1 unspecified atom stereocenters. The van der Waals surface area contributed by atoms with Crippen molar-refractivity contribution in [2.45, 2.75) is 31.7 Å². The fraction of sp³-hybridized carbons (Fsp3) is 0.263. The van der Waals surface area contributed by atoms with E-state index in [2.05, 4.69) is 30.8 Å². The molecule has 1 saturated carbocycles. The van der Waals surface area contributed by atoms with Gasteiger partial charge in [-0.15, -0.1) is 0 Å². The van der Waals surface area contributed by atoms with Gasteiger partial charge in [0.1, 0.15) is 11.5 Å². The highest BCUT2D eigenvalue weighted by molar-refractivity contribution is 5.95. The van der Waals surface area contributed by atoms with Crippen LogP contribution in [0.2, 0.25) is 0 Å². The number of H-pyrrole nitrogens is 1. The molecule has 0 bridgehead atoms. The van der Waals surface area contributed by atoms with E-state index in [4.69, 9.17) is 5.73 Å². The lowest BCUT2D eigenvalue weighted by Gasteiger charge is -2.16. The number of aromatic amines is 1. The van der Waals surface area contributed by atoms with Crippen LogP contribution < -0.4 is 16.4 Å². The van der Waals surface area contributed by atoms with Crippen molar-refractivity contribution in [3.63, 3.8) is 0 Å². The fourth-order valence-electron chi connectivity index (χ4n) is 2.95. The van der Waals surface area contributed by atoms with E-state index in [1.165, 1.54) is 12.1 Å². The summed E-state index contributed by atoms with van der Waals surface area (Å²) in [5.41, 5.74) is 7.36. The number of anilines is 4. The zero-order valence-corrected chi connectivity index (χ0v) is 15.6. The average molecular weight is 397 g/mol. The van der Waals surface area contributed by atoms with Crippen LogP contribution in [-0.2, 0) is 0 Å². The second-order valence-corrected chi connectivity index (χ2v) is 6.99.